The maximum absolute atomic E-state index is 10.8. The van der Waals surface area contributed by atoms with Gasteiger partial charge in [0.2, 0.25) is 0 Å². The van der Waals surface area contributed by atoms with Crippen LogP contribution < -0.4 is 0 Å². The Morgan fingerprint density at radius 3 is 2.60 bits per heavy atom. The molecule has 25 heavy (non-hydrogen) atoms. The summed E-state index contributed by atoms with van der Waals surface area (Å²) in [5.41, 5.74) is 2.20. The monoisotopic (exact) mass is 344 g/mol. The summed E-state index contributed by atoms with van der Waals surface area (Å²) in [5, 5.41) is 19.4. The topological polar surface area (TPSA) is 57.5 Å². The van der Waals surface area contributed by atoms with E-state index in [1.807, 2.05) is 13.8 Å². The lowest BCUT2D eigenvalue weighted by Gasteiger charge is -2.52. The number of carboxylic acids is 1. The highest BCUT2D eigenvalue weighted by Crippen LogP contribution is 2.55. The first kappa shape index (κ1) is 19.7. The Hall–Kier alpha value is -1.61. The first-order chi connectivity index (χ1) is 11.7. The van der Waals surface area contributed by atoms with Gasteiger partial charge in [-0.15, -0.1) is 0 Å². The predicted molar refractivity (Wildman–Crippen MR) is 102 cm³/mol. The molecule has 2 rings (SSSR count). The zero-order valence-corrected chi connectivity index (χ0v) is 16.1. The number of aliphatic hydroxyl groups excluding tert-OH is 1. The van der Waals surface area contributed by atoms with E-state index in [4.69, 9.17) is 5.11 Å². The van der Waals surface area contributed by atoms with Crippen LogP contribution in [0.1, 0.15) is 47.5 Å². The van der Waals surface area contributed by atoms with Gasteiger partial charge in [0.05, 0.1) is 6.10 Å². The molecule has 0 aromatic rings. The first-order valence-electron chi connectivity index (χ1n) is 9.28. The minimum absolute atomic E-state index is 0.135. The van der Waals surface area contributed by atoms with Crippen molar-refractivity contribution in [2.24, 2.45) is 29.1 Å². The van der Waals surface area contributed by atoms with Crippen molar-refractivity contribution in [3.63, 3.8) is 0 Å². The normalized spacial score (nSPS) is 39.5. The molecule has 0 radical (unpaired) electrons. The summed E-state index contributed by atoms with van der Waals surface area (Å²) < 4.78 is 0. The van der Waals surface area contributed by atoms with Gasteiger partial charge in [-0.05, 0) is 56.8 Å². The standard InChI is InChI=1S/C22H32O3/c1-6-7-18-15(3)10-17-11-16(4)20(23)12-19(17)22(18,5)13-14(2)8-9-21(24)25/h6-10,13,16-20,23H,11-12H2,1-5H3,(H,24,25)/b7-6+,9-8+,14-13+/t16-,17-,18-,19+,20+,22+/m0/s1. The number of aliphatic hydroxyl groups is 1. The molecule has 1 fully saturated rings. The molecule has 0 saturated heterocycles. The Kier molecular flexibility index (Phi) is 6.10. The zero-order chi connectivity index (χ0) is 18.8. The average molecular weight is 344 g/mol. The van der Waals surface area contributed by atoms with Crippen LogP contribution in [0.2, 0.25) is 0 Å². The van der Waals surface area contributed by atoms with Crippen molar-refractivity contribution in [3.8, 4) is 0 Å². The van der Waals surface area contributed by atoms with Crippen molar-refractivity contribution < 1.29 is 15.0 Å². The van der Waals surface area contributed by atoms with Crippen molar-refractivity contribution in [1.29, 1.82) is 0 Å². The third-order valence-corrected chi connectivity index (χ3v) is 6.16. The van der Waals surface area contributed by atoms with Crippen LogP contribution in [0.5, 0.6) is 0 Å². The highest BCUT2D eigenvalue weighted by Gasteiger charge is 2.49. The summed E-state index contributed by atoms with van der Waals surface area (Å²) in [6.45, 7) is 10.6. The third kappa shape index (κ3) is 4.14. The van der Waals surface area contributed by atoms with Gasteiger partial charge in [0.25, 0.3) is 0 Å². The number of rotatable bonds is 4. The van der Waals surface area contributed by atoms with E-state index in [0.29, 0.717) is 17.8 Å². The molecule has 0 amide bonds. The van der Waals surface area contributed by atoms with E-state index < -0.39 is 5.97 Å². The van der Waals surface area contributed by atoms with E-state index in [-0.39, 0.29) is 17.4 Å². The number of aliphatic carboxylic acids is 1. The van der Waals surface area contributed by atoms with Crippen LogP contribution in [-0.2, 0) is 4.79 Å². The minimum atomic E-state index is -0.928. The van der Waals surface area contributed by atoms with Gasteiger partial charge in [-0.2, -0.15) is 0 Å². The molecule has 0 spiro atoms. The summed E-state index contributed by atoms with van der Waals surface area (Å²) in [4.78, 5) is 10.8. The Bertz CT molecular complexity index is 625. The van der Waals surface area contributed by atoms with Gasteiger partial charge in [0, 0.05) is 12.0 Å². The lowest BCUT2D eigenvalue weighted by molar-refractivity contribution is -0.131. The largest absolute Gasteiger partial charge is 0.478 e. The van der Waals surface area contributed by atoms with Crippen LogP contribution in [0, 0.1) is 29.1 Å². The molecule has 2 N–H and O–H groups in total. The van der Waals surface area contributed by atoms with E-state index in [0.717, 1.165) is 18.4 Å². The van der Waals surface area contributed by atoms with Crippen LogP contribution in [0.15, 0.2) is 47.6 Å². The first-order valence-corrected chi connectivity index (χ1v) is 9.28. The van der Waals surface area contributed by atoms with E-state index >= 15 is 0 Å². The second kappa shape index (κ2) is 7.74. The van der Waals surface area contributed by atoms with Crippen molar-refractivity contribution in [2.45, 2.75) is 53.6 Å². The van der Waals surface area contributed by atoms with Gasteiger partial charge < -0.3 is 10.2 Å². The number of hydrogen-bond acceptors (Lipinski definition) is 2. The summed E-state index contributed by atoms with van der Waals surface area (Å²) in [6, 6.07) is 0. The molecule has 3 heteroatoms. The maximum Gasteiger partial charge on any atom is 0.328 e. The highest BCUT2D eigenvalue weighted by molar-refractivity contribution is 5.80. The fourth-order valence-electron chi connectivity index (χ4n) is 4.97. The molecule has 0 bridgehead atoms. The Morgan fingerprint density at radius 2 is 2.00 bits per heavy atom. The smallest absolute Gasteiger partial charge is 0.328 e. The predicted octanol–water partition coefficient (Wildman–Crippen LogP) is 4.76. The van der Waals surface area contributed by atoms with Crippen molar-refractivity contribution in [1.82, 2.24) is 0 Å². The molecule has 138 valence electrons. The summed E-state index contributed by atoms with van der Waals surface area (Å²) in [5.74, 6) is 0.494. The number of hydrogen-bond donors (Lipinski definition) is 2. The molecule has 6 atom stereocenters. The Labute approximate surface area is 151 Å². The third-order valence-electron chi connectivity index (χ3n) is 6.16. The second-order valence-electron chi connectivity index (χ2n) is 8.13. The lowest BCUT2D eigenvalue weighted by Crippen LogP contribution is -2.47. The van der Waals surface area contributed by atoms with Crippen molar-refractivity contribution in [2.75, 3.05) is 0 Å². The number of allylic oxidation sites excluding steroid dienone is 7. The van der Waals surface area contributed by atoms with Crippen LogP contribution in [0.25, 0.3) is 0 Å². The van der Waals surface area contributed by atoms with Crippen LogP contribution >= 0.6 is 0 Å². The number of carbonyl (C=O) groups is 1. The second-order valence-corrected chi connectivity index (χ2v) is 8.13. The van der Waals surface area contributed by atoms with Crippen molar-refractivity contribution in [3.05, 3.63) is 47.6 Å². The molecule has 2 aliphatic rings. The van der Waals surface area contributed by atoms with Gasteiger partial charge in [0.1, 0.15) is 0 Å². The molecule has 0 unspecified atom stereocenters. The van der Waals surface area contributed by atoms with E-state index in [9.17, 15) is 9.90 Å². The summed E-state index contributed by atoms with van der Waals surface area (Å²) >= 11 is 0. The zero-order valence-electron chi connectivity index (χ0n) is 16.1. The fourth-order valence-corrected chi connectivity index (χ4v) is 4.97. The molecule has 0 aromatic heterocycles. The minimum Gasteiger partial charge on any atom is -0.478 e. The Morgan fingerprint density at radius 1 is 1.32 bits per heavy atom. The SMILES string of the molecule is C/C=C/[C@H]1C(C)=C[C@H]2C[C@H](C)[C@H](O)C[C@H]2[C@]1(C)/C=C(C)/C=C/C(=O)O. The highest BCUT2D eigenvalue weighted by atomic mass is 16.4. The number of fused-ring (bicyclic) bond motifs is 1. The average Bonchev–Trinajstić information content (AvgIpc) is 2.52. The van der Waals surface area contributed by atoms with Gasteiger partial charge >= 0.3 is 5.97 Å². The van der Waals surface area contributed by atoms with Crippen LogP contribution in [0.3, 0.4) is 0 Å². The molecule has 0 aromatic carbocycles. The van der Waals surface area contributed by atoms with E-state index in [1.165, 1.54) is 11.6 Å². The summed E-state index contributed by atoms with van der Waals surface area (Å²) in [6.07, 6.45) is 13.4. The van der Waals surface area contributed by atoms with Crippen LogP contribution in [0.4, 0.5) is 0 Å². The molecular formula is C22H32O3. The lowest BCUT2D eigenvalue weighted by atomic mass is 9.52. The van der Waals surface area contributed by atoms with Crippen LogP contribution in [-0.4, -0.2) is 22.3 Å². The van der Waals surface area contributed by atoms with Gasteiger partial charge in [-0.25, -0.2) is 4.79 Å². The van der Waals surface area contributed by atoms with E-state index in [2.05, 4.69) is 45.1 Å². The fraction of sp³-hybridized carbons (Fsp3) is 0.591. The van der Waals surface area contributed by atoms with Gasteiger partial charge in [0.15, 0.2) is 0 Å². The van der Waals surface area contributed by atoms with Crippen molar-refractivity contribution >= 4 is 5.97 Å². The summed E-state index contributed by atoms with van der Waals surface area (Å²) in [7, 11) is 0. The maximum atomic E-state index is 10.8. The molecule has 0 heterocycles. The number of carboxylic acid groups (broad SMARTS) is 1. The quantitative estimate of drug-likeness (QED) is 0.439. The molecular weight excluding hydrogens is 312 g/mol. The molecule has 2 aliphatic carbocycles. The molecule has 3 nitrogen and oxygen atoms in total. The van der Waals surface area contributed by atoms with Gasteiger partial charge in [-0.1, -0.05) is 55.4 Å². The Balaban J connectivity index is 2.49. The molecule has 0 aliphatic heterocycles. The molecule has 1 saturated carbocycles. The van der Waals surface area contributed by atoms with Gasteiger partial charge in [-0.3, -0.25) is 0 Å². The van der Waals surface area contributed by atoms with E-state index in [1.54, 1.807) is 6.08 Å².